The minimum Gasteiger partial charge on any atom is -0.490 e. The van der Waals surface area contributed by atoms with E-state index in [-0.39, 0.29) is 24.1 Å². The van der Waals surface area contributed by atoms with Crippen LogP contribution in [0.2, 0.25) is 5.02 Å². The highest BCUT2D eigenvalue weighted by Crippen LogP contribution is 2.34. The molecule has 0 saturated carbocycles. The topological polar surface area (TPSA) is 59.9 Å². The van der Waals surface area contributed by atoms with Gasteiger partial charge in [-0.25, -0.2) is 9.82 Å². The number of thioether (sulfide) groups is 1. The van der Waals surface area contributed by atoms with E-state index < -0.39 is 0 Å². The molecule has 0 fully saturated rings. The lowest BCUT2D eigenvalue weighted by atomic mass is 10.2. The molecule has 0 aliphatic carbocycles. The fourth-order valence-electron chi connectivity index (χ4n) is 2.70. The van der Waals surface area contributed by atoms with Gasteiger partial charge in [0.05, 0.1) is 18.6 Å². The van der Waals surface area contributed by atoms with E-state index in [1.807, 2.05) is 19.1 Å². The van der Waals surface area contributed by atoms with E-state index in [1.165, 1.54) is 30.1 Å². The van der Waals surface area contributed by atoms with E-state index in [0.717, 1.165) is 4.90 Å². The van der Waals surface area contributed by atoms with Gasteiger partial charge in [0.1, 0.15) is 12.4 Å². The summed E-state index contributed by atoms with van der Waals surface area (Å²) in [7, 11) is 0. The first-order valence-corrected chi connectivity index (χ1v) is 12.1. The average Bonchev–Trinajstić information content (AvgIpc) is 2.79. The summed E-state index contributed by atoms with van der Waals surface area (Å²) in [4.78, 5) is 13.0. The van der Waals surface area contributed by atoms with Crippen LogP contribution in [0.4, 0.5) is 4.39 Å². The molecule has 0 radical (unpaired) electrons. The Morgan fingerprint density at radius 1 is 1.15 bits per heavy atom. The van der Waals surface area contributed by atoms with Crippen molar-refractivity contribution in [2.45, 2.75) is 18.4 Å². The molecule has 0 saturated heterocycles. The number of ether oxygens (including phenoxy) is 2. The van der Waals surface area contributed by atoms with Gasteiger partial charge in [0.15, 0.2) is 11.5 Å². The van der Waals surface area contributed by atoms with Crippen molar-refractivity contribution in [2.24, 2.45) is 5.10 Å². The highest BCUT2D eigenvalue weighted by molar-refractivity contribution is 9.10. The maximum atomic E-state index is 13.4. The van der Waals surface area contributed by atoms with Crippen molar-refractivity contribution in [1.82, 2.24) is 5.43 Å². The molecule has 3 aromatic rings. The largest absolute Gasteiger partial charge is 0.490 e. The van der Waals surface area contributed by atoms with E-state index in [2.05, 4.69) is 26.5 Å². The van der Waals surface area contributed by atoms with Gasteiger partial charge in [-0.3, -0.25) is 4.79 Å². The third-order valence-electron chi connectivity index (χ3n) is 4.22. The van der Waals surface area contributed by atoms with E-state index in [1.54, 1.807) is 36.4 Å². The Hall–Kier alpha value is -2.55. The molecule has 1 amide bonds. The molecule has 0 bridgehead atoms. The minimum atomic E-state index is -0.317. The van der Waals surface area contributed by atoms with Gasteiger partial charge in [-0.1, -0.05) is 23.7 Å². The molecule has 1 N–H and O–H groups in total. The minimum absolute atomic E-state index is 0.194. The molecule has 3 aromatic carbocycles. The van der Waals surface area contributed by atoms with Crippen LogP contribution in [0.5, 0.6) is 11.5 Å². The molecule has 0 aromatic heterocycles. The molecule has 33 heavy (non-hydrogen) atoms. The molecular formula is C24H21BrClFN2O3S. The zero-order valence-electron chi connectivity index (χ0n) is 17.7. The number of nitrogens with zero attached hydrogens (tertiary/aromatic N) is 1. The van der Waals surface area contributed by atoms with Gasteiger partial charge in [0.25, 0.3) is 0 Å². The maximum Gasteiger partial charge on any atom is 0.250 e. The first kappa shape index (κ1) is 25.1. The van der Waals surface area contributed by atoms with Crippen LogP contribution in [0, 0.1) is 5.82 Å². The third-order valence-corrected chi connectivity index (χ3v) is 6.17. The predicted octanol–water partition coefficient (Wildman–Crippen LogP) is 6.46. The van der Waals surface area contributed by atoms with Crippen LogP contribution < -0.4 is 14.9 Å². The average molecular weight is 552 g/mol. The number of rotatable bonds is 10. The highest BCUT2D eigenvalue weighted by Gasteiger charge is 2.11. The van der Waals surface area contributed by atoms with E-state index in [9.17, 15) is 9.18 Å². The molecule has 9 heteroatoms. The highest BCUT2D eigenvalue weighted by atomic mass is 79.9. The summed E-state index contributed by atoms with van der Waals surface area (Å²) >= 11 is 10.7. The molecule has 0 aliphatic heterocycles. The fraction of sp³-hybridized carbons (Fsp3) is 0.167. The predicted molar refractivity (Wildman–Crippen MR) is 134 cm³/mol. The van der Waals surface area contributed by atoms with Crippen LogP contribution in [0.25, 0.3) is 0 Å². The summed E-state index contributed by atoms with van der Waals surface area (Å²) in [5.74, 6) is 0.693. The molecule has 0 unspecified atom stereocenters. The third kappa shape index (κ3) is 8.07. The number of amides is 1. The van der Waals surface area contributed by atoms with Crippen LogP contribution >= 0.6 is 39.3 Å². The number of nitrogens with one attached hydrogen (secondary N) is 1. The molecule has 5 nitrogen and oxygen atoms in total. The lowest BCUT2D eigenvalue weighted by molar-refractivity contribution is -0.118. The first-order chi connectivity index (χ1) is 15.9. The summed E-state index contributed by atoms with van der Waals surface area (Å²) in [5, 5.41) is 4.68. The number of halogens is 3. The van der Waals surface area contributed by atoms with Crippen LogP contribution in [0.1, 0.15) is 18.1 Å². The van der Waals surface area contributed by atoms with Crippen LogP contribution in [0.15, 0.2) is 75.1 Å². The number of carbonyl (C=O) groups excluding carboxylic acids is 1. The Labute approximate surface area is 209 Å². The summed E-state index contributed by atoms with van der Waals surface area (Å²) in [6.45, 7) is 2.50. The van der Waals surface area contributed by atoms with Crippen molar-refractivity contribution in [3.63, 3.8) is 0 Å². The molecule has 3 rings (SSSR count). The molecule has 0 aliphatic rings. The maximum absolute atomic E-state index is 13.4. The number of hydrogen-bond donors (Lipinski definition) is 1. The fourth-order valence-corrected chi connectivity index (χ4v) is 3.95. The van der Waals surface area contributed by atoms with Gasteiger partial charge in [-0.15, -0.1) is 11.8 Å². The normalized spacial score (nSPS) is 10.9. The van der Waals surface area contributed by atoms with Crippen molar-refractivity contribution in [1.29, 1.82) is 0 Å². The Morgan fingerprint density at radius 3 is 2.64 bits per heavy atom. The van der Waals surface area contributed by atoms with Crippen molar-refractivity contribution in [3.05, 3.63) is 87.1 Å². The molecule has 172 valence electrons. The standard InChI is InChI=1S/C24H21BrClFN2O3S/c1-2-31-22-11-17(13-28-29-24(30)15-33-20-8-6-18(26)7-9-20)21(25)12-23(22)32-14-16-4-3-5-19(27)10-16/h3-13H,2,14-15H2,1H3,(H,29,30)/b28-13-. The van der Waals surface area contributed by atoms with Gasteiger partial charge in [-0.2, -0.15) is 5.10 Å². The van der Waals surface area contributed by atoms with Crippen LogP contribution in [-0.2, 0) is 11.4 Å². The Morgan fingerprint density at radius 2 is 1.91 bits per heavy atom. The van der Waals surface area contributed by atoms with E-state index >= 15 is 0 Å². The lowest BCUT2D eigenvalue weighted by Gasteiger charge is -2.14. The van der Waals surface area contributed by atoms with Crippen LogP contribution in [-0.4, -0.2) is 24.5 Å². The Kier molecular flexibility index (Phi) is 9.60. The molecule has 0 spiro atoms. The van der Waals surface area contributed by atoms with Gasteiger partial charge < -0.3 is 9.47 Å². The van der Waals surface area contributed by atoms with E-state index in [0.29, 0.717) is 38.7 Å². The molecule has 0 heterocycles. The second-order valence-corrected chi connectivity index (χ2v) is 9.05. The Balaban J connectivity index is 1.60. The van der Waals surface area contributed by atoms with Crippen molar-refractivity contribution in [3.8, 4) is 11.5 Å². The Bertz CT molecular complexity index is 1130. The van der Waals surface area contributed by atoms with Crippen molar-refractivity contribution >= 4 is 51.4 Å². The van der Waals surface area contributed by atoms with Gasteiger partial charge in [0.2, 0.25) is 5.91 Å². The lowest BCUT2D eigenvalue weighted by Crippen LogP contribution is -2.19. The zero-order chi connectivity index (χ0) is 23.6. The number of hydrazone groups is 1. The SMILES string of the molecule is CCOc1cc(/C=N\NC(=O)CSc2ccc(Cl)cc2)c(Br)cc1OCc1cccc(F)c1. The van der Waals surface area contributed by atoms with E-state index in [4.69, 9.17) is 21.1 Å². The zero-order valence-corrected chi connectivity index (χ0v) is 20.8. The summed E-state index contributed by atoms with van der Waals surface area (Å²) in [6.07, 6.45) is 1.52. The second kappa shape index (κ2) is 12.6. The quantitative estimate of drug-likeness (QED) is 0.178. The molecular weight excluding hydrogens is 531 g/mol. The summed E-state index contributed by atoms with van der Waals surface area (Å²) < 4.78 is 25.6. The number of benzene rings is 3. The van der Waals surface area contributed by atoms with Gasteiger partial charge in [-0.05, 0) is 76.9 Å². The van der Waals surface area contributed by atoms with Crippen molar-refractivity contribution in [2.75, 3.05) is 12.4 Å². The van der Waals surface area contributed by atoms with Crippen LogP contribution in [0.3, 0.4) is 0 Å². The number of carbonyl (C=O) groups is 1. The smallest absolute Gasteiger partial charge is 0.250 e. The second-order valence-electron chi connectivity index (χ2n) is 6.71. The number of hydrogen-bond acceptors (Lipinski definition) is 5. The summed E-state index contributed by atoms with van der Waals surface area (Å²) in [5.41, 5.74) is 3.92. The van der Waals surface area contributed by atoms with Gasteiger partial charge >= 0.3 is 0 Å². The molecule has 0 atom stereocenters. The van der Waals surface area contributed by atoms with Gasteiger partial charge in [0, 0.05) is 20.0 Å². The first-order valence-electron chi connectivity index (χ1n) is 9.98. The monoisotopic (exact) mass is 550 g/mol. The van der Waals surface area contributed by atoms with Crippen molar-refractivity contribution < 1.29 is 18.7 Å². The summed E-state index contributed by atoms with van der Waals surface area (Å²) in [6, 6.07) is 17.0.